The number of nitrogens with two attached hydrogens (primary N) is 1. The number of hydrogen-bond acceptors (Lipinski definition) is 4. The molecule has 108 valence electrons. The fourth-order valence-corrected chi connectivity index (χ4v) is 2.87. The molecule has 4 N–H and O–H groups in total. The summed E-state index contributed by atoms with van der Waals surface area (Å²) in [5, 5.41) is 0.0585. The van der Waals surface area contributed by atoms with Gasteiger partial charge in [0.1, 0.15) is 5.82 Å². The Bertz CT molecular complexity index is 735. The summed E-state index contributed by atoms with van der Waals surface area (Å²) in [6, 6.07) is 3.47. The number of nitrogens with zero attached hydrogens (tertiary/aromatic N) is 1. The number of imidazole rings is 1. The molecule has 7 heteroatoms. The van der Waals surface area contributed by atoms with Gasteiger partial charge in [-0.05, 0) is 37.1 Å². The average Bonchev–Trinajstić information content (AvgIpc) is 2.85. The van der Waals surface area contributed by atoms with E-state index in [-0.39, 0.29) is 5.03 Å². The topological polar surface area (TPSA) is 101 Å². The number of aromatic amines is 1. The zero-order chi connectivity index (χ0) is 14.9. The Labute approximate surface area is 118 Å². The second-order valence-electron chi connectivity index (χ2n) is 4.68. The van der Waals surface area contributed by atoms with Crippen LogP contribution in [0.5, 0.6) is 0 Å². The molecular weight excluding hydrogens is 276 g/mol. The molecule has 20 heavy (non-hydrogen) atoms. The molecule has 0 aliphatic rings. The minimum atomic E-state index is -3.66. The van der Waals surface area contributed by atoms with Crippen LogP contribution in [0, 0.1) is 13.8 Å². The van der Waals surface area contributed by atoms with Gasteiger partial charge in [0.2, 0.25) is 0 Å². The second-order valence-corrected chi connectivity index (χ2v) is 6.33. The molecule has 0 aliphatic carbocycles. The smallest absolute Gasteiger partial charge is 0.278 e. The summed E-state index contributed by atoms with van der Waals surface area (Å²) in [5.74, 6) is 0.635. The highest BCUT2D eigenvalue weighted by Gasteiger charge is 2.18. The van der Waals surface area contributed by atoms with E-state index in [2.05, 4.69) is 14.7 Å². The Hall–Kier alpha value is -2.02. The molecule has 0 spiro atoms. The number of benzene rings is 1. The number of anilines is 2. The fraction of sp³-hybridized carbons (Fsp3) is 0.308. The van der Waals surface area contributed by atoms with Gasteiger partial charge in [-0.1, -0.05) is 6.92 Å². The van der Waals surface area contributed by atoms with Crippen molar-refractivity contribution in [1.29, 1.82) is 0 Å². The van der Waals surface area contributed by atoms with E-state index >= 15 is 0 Å². The molecule has 1 aromatic heterocycles. The molecule has 0 atom stereocenters. The number of nitrogen functional groups attached to an aromatic ring is 1. The summed E-state index contributed by atoms with van der Waals surface area (Å²) < 4.78 is 27.1. The monoisotopic (exact) mass is 294 g/mol. The summed E-state index contributed by atoms with van der Waals surface area (Å²) in [5.41, 5.74) is 8.55. The van der Waals surface area contributed by atoms with Crippen LogP contribution >= 0.6 is 0 Å². The first kappa shape index (κ1) is 14.4. The number of rotatable bonds is 4. The third-order valence-electron chi connectivity index (χ3n) is 3.09. The van der Waals surface area contributed by atoms with Crippen molar-refractivity contribution in [1.82, 2.24) is 9.97 Å². The first-order valence-electron chi connectivity index (χ1n) is 6.27. The van der Waals surface area contributed by atoms with Gasteiger partial charge in [-0.25, -0.2) is 4.98 Å². The van der Waals surface area contributed by atoms with E-state index in [9.17, 15) is 8.42 Å². The molecular formula is C13H18N4O2S. The molecule has 0 aliphatic heterocycles. The number of aryl methyl sites for hydroxylation is 3. The van der Waals surface area contributed by atoms with E-state index < -0.39 is 10.0 Å². The average molecular weight is 294 g/mol. The van der Waals surface area contributed by atoms with Gasteiger partial charge in [0.25, 0.3) is 10.0 Å². The Kier molecular flexibility index (Phi) is 3.71. The number of sulfonamides is 1. The van der Waals surface area contributed by atoms with E-state index in [0.29, 0.717) is 23.6 Å². The number of H-pyrrole nitrogens is 1. The third kappa shape index (κ3) is 2.77. The first-order valence-corrected chi connectivity index (χ1v) is 7.75. The summed E-state index contributed by atoms with van der Waals surface area (Å²) in [7, 11) is -3.66. The Balaban J connectivity index is 2.35. The minimum absolute atomic E-state index is 0.0585. The van der Waals surface area contributed by atoms with Crippen LogP contribution < -0.4 is 10.5 Å². The van der Waals surface area contributed by atoms with Crippen LogP contribution in [-0.4, -0.2) is 18.4 Å². The van der Waals surface area contributed by atoms with Gasteiger partial charge < -0.3 is 10.7 Å². The molecule has 0 saturated carbocycles. The van der Waals surface area contributed by atoms with Gasteiger partial charge in [-0.2, -0.15) is 8.42 Å². The molecule has 2 aromatic rings. The summed E-state index contributed by atoms with van der Waals surface area (Å²) in [4.78, 5) is 6.78. The molecule has 1 aromatic carbocycles. The van der Waals surface area contributed by atoms with Crippen molar-refractivity contribution < 1.29 is 8.42 Å². The Morgan fingerprint density at radius 1 is 1.30 bits per heavy atom. The summed E-state index contributed by atoms with van der Waals surface area (Å²) >= 11 is 0. The zero-order valence-electron chi connectivity index (χ0n) is 11.7. The van der Waals surface area contributed by atoms with Crippen molar-refractivity contribution in [3.8, 4) is 0 Å². The van der Waals surface area contributed by atoms with Gasteiger partial charge in [-0.15, -0.1) is 0 Å². The van der Waals surface area contributed by atoms with Crippen molar-refractivity contribution in [3.05, 3.63) is 35.3 Å². The lowest BCUT2D eigenvalue weighted by Gasteiger charge is -2.11. The molecule has 0 unspecified atom stereocenters. The van der Waals surface area contributed by atoms with Crippen LogP contribution in [0.15, 0.2) is 23.4 Å². The number of nitrogens with one attached hydrogen (secondary N) is 2. The van der Waals surface area contributed by atoms with E-state index in [1.54, 1.807) is 19.1 Å². The molecule has 0 amide bonds. The first-order chi connectivity index (χ1) is 9.33. The molecule has 0 radical (unpaired) electrons. The molecule has 0 saturated heterocycles. The molecule has 0 fully saturated rings. The Morgan fingerprint density at radius 2 is 2.00 bits per heavy atom. The van der Waals surface area contributed by atoms with Crippen LogP contribution in [0.4, 0.5) is 11.4 Å². The highest BCUT2D eigenvalue weighted by molar-refractivity contribution is 7.92. The van der Waals surface area contributed by atoms with Gasteiger partial charge in [0.05, 0.1) is 11.9 Å². The lowest BCUT2D eigenvalue weighted by atomic mass is 10.1. The quantitative estimate of drug-likeness (QED) is 0.750. The fourth-order valence-electron chi connectivity index (χ4n) is 1.81. The lowest BCUT2D eigenvalue weighted by molar-refractivity contribution is 0.598. The van der Waals surface area contributed by atoms with Crippen LogP contribution in [0.1, 0.15) is 23.9 Å². The van der Waals surface area contributed by atoms with Crippen molar-refractivity contribution in [2.24, 2.45) is 0 Å². The molecule has 2 rings (SSSR count). The maximum Gasteiger partial charge on any atom is 0.278 e. The van der Waals surface area contributed by atoms with Gasteiger partial charge >= 0.3 is 0 Å². The van der Waals surface area contributed by atoms with Crippen molar-refractivity contribution in [2.45, 2.75) is 32.2 Å². The van der Waals surface area contributed by atoms with E-state index in [0.717, 1.165) is 11.1 Å². The van der Waals surface area contributed by atoms with Crippen molar-refractivity contribution >= 4 is 21.4 Å². The van der Waals surface area contributed by atoms with E-state index in [1.807, 2.05) is 13.8 Å². The van der Waals surface area contributed by atoms with Gasteiger partial charge in [-0.3, -0.25) is 4.72 Å². The largest absolute Gasteiger partial charge is 0.399 e. The maximum atomic E-state index is 12.3. The van der Waals surface area contributed by atoms with E-state index in [4.69, 9.17) is 5.73 Å². The summed E-state index contributed by atoms with van der Waals surface area (Å²) in [6.45, 7) is 5.53. The standard InChI is InChI=1S/C13H18N4O2S/c1-4-12-15-7-13(16-12)20(18,19)17-11-6-8(2)10(14)5-9(11)3/h5-7,17H,4,14H2,1-3H3,(H,15,16). The molecule has 6 nitrogen and oxygen atoms in total. The van der Waals surface area contributed by atoms with Crippen LogP contribution in [0.2, 0.25) is 0 Å². The minimum Gasteiger partial charge on any atom is -0.399 e. The number of aromatic nitrogens is 2. The van der Waals surface area contributed by atoms with Crippen molar-refractivity contribution in [2.75, 3.05) is 10.5 Å². The third-order valence-corrected chi connectivity index (χ3v) is 4.36. The van der Waals surface area contributed by atoms with Gasteiger partial charge in [0, 0.05) is 12.1 Å². The SMILES string of the molecule is CCc1ncc(S(=O)(=O)Nc2cc(C)c(N)cc2C)[nH]1. The predicted octanol–water partition coefficient (Wildman–Crippen LogP) is 1.97. The highest BCUT2D eigenvalue weighted by atomic mass is 32.2. The van der Waals surface area contributed by atoms with Crippen molar-refractivity contribution in [3.63, 3.8) is 0 Å². The van der Waals surface area contributed by atoms with E-state index in [1.165, 1.54) is 6.20 Å². The normalized spacial score (nSPS) is 11.6. The summed E-state index contributed by atoms with van der Waals surface area (Å²) in [6.07, 6.45) is 1.97. The number of hydrogen-bond donors (Lipinski definition) is 3. The van der Waals surface area contributed by atoms with Crippen LogP contribution in [0.3, 0.4) is 0 Å². The van der Waals surface area contributed by atoms with Crippen LogP contribution in [0.25, 0.3) is 0 Å². The Morgan fingerprint density at radius 3 is 2.60 bits per heavy atom. The predicted molar refractivity (Wildman–Crippen MR) is 79.1 cm³/mol. The van der Waals surface area contributed by atoms with Crippen LogP contribution in [-0.2, 0) is 16.4 Å². The molecule has 0 bridgehead atoms. The lowest BCUT2D eigenvalue weighted by Crippen LogP contribution is -2.14. The highest BCUT2D eigenvalue weighted by Crippen LogP contribution is 2.24. The molecule has 1 heterocycles. The zero-order valence-corrected chi connectivity index (χ0v) is 12.5. The van der Waals surface area contributed by atoms with Gasteiger partial charge in [0.15, 0.2) is 5.03 Å². The second kappa shape index (κ2) is 5.16. The maximum absolute atomic E-state index is 12.3.